The lowest BCUT2D eigenvalue weighted by Gasteiger charge is -2.07. The van der Waals surface area contributed by atoms with Crippen LogP contribution in [0.25, 0.3) is 0 Å². The molecule has 0 amide bonds. The summed E-state index contributed by atoms with van der Waals surface area (Å²) in [5.41, 5.74) is 7.29. The highest BCUT2D eigenvalue weighted by atomic mass is 16.7. The molecule has 0 aliphatic rings. The normalized spacial score (nSPS) is 11.4. The molecule has 20 heavy (non-hydrogen) atoms. The molecule has 118 valence electrons. The molecule has 5 nitrogen and oxygen atoms in total. The van der Waals surface area contributed by atoms with Gasteiger partial charge in [-0.05, 0) is 12.8 Å². The molecule has 0 unspecified atom stereocenters. The highest BCUT2D eigenvalue weighted by Crippen LogP contribution is 2.06. The Morgan fingerprint density at radius 1 is 1.30 bits per heavy atom. The highest BCUT2D eigenvalue weighted by Gasteiger charge is 1.98. The molecule has 0 aliphatic carbocycles. The van der Waals surface area contributed by atoms with Crippen LogP contribution in [0.4, 0.5) is 4.79 Å². The van der Waals surface area contributed by atoms with Crippen LogP contribution in [0.15, 0.2) is 23.5 Å². The minimum absolute atomic E-state index is 0.107. The first kappa shape index (κ1) is 20.7. The summed E-state index contributed by atoms with van der Waals surface area (Å²) in [7, 11) is 0. The number of hydrogen-bond donors (Lipinski definition) is 3. The Morgan fingerprint density at radius 3 is 2.45 bits per heavy atom. The maximum Gasteiger partial charge on any atom is 0.506 e. The average molecular weight is 286 g/mol. The third kappa shape index (κ3) is 14.4. The topological polar surface area (TPSA) is 84.6 Å². The lowest BCUT2D eigenvalue weighted by atomic mass is 10.1. The summed E-state index contributed by atoms with van der Waals surface area (Å²) in [6, 6.07) is 0. The van der Waals surface area contributed by atoms with Crippen molar-refractivity contribution in [2.24, 2.45) is 5.73 Å². The summed E-state index contributed by atoms with van der Waals surface area (Å²) in [5.74, 6) is 0. The maximum absolute atomic E-state index is 10.2. The molecular weight excluding hydrogens is 256 g/mol. The Kier molecular flexibility index (Phi) is 15.9. The highest BCUT2D eigenvalue weighted by molar-refractivity contribution is 5.57. The number of nitrogens with two attached hydrogens (primary N) is 1. The van der Waals surface area contributed by atoms with Gasteiger partial charge in [0.2, 0.25) is 0 Å². The van der Waals surface area contributed by atoms with Crippen molar-refractivity contribution in [3.05, 3.63) is 23.5 Å². The van der Waals surface area contributed by atoms with Gasteiger partial charge in [-0.3, -0.25) is 0 Å². The third-order valence-electron chi connectivity index (χ3n) is 2.27. The van der Waals surface area contributed by atoms with Crippen LogP contribution in [0.3, 0.4) is 0 Å². The molecule has 0 fully saturated rings. The molecular formula is C15H30N2O3. The number of carboxylic acid groups (broad SMARTS) is 1. The largest absolute Gasteiger partial charge is 0.506 e. The van der Waals surface area contributed by atoms with E-state index in [1.807, 2.05) is 13.8 Å². The van der Waals surface area contributed by atoms with Crippen molar-refractivity contribution >= 4 is 6.16 Å². The van der Waals surface area contributed by atoms with Crippen LogP contribution in [0.5, 0.6) is 0 Å². The fourth-order valence-corrected chi connectivity index (χ4v) is 1.43. The molecule has 4 N–H and O–H groups in total. The van der Waals surface area contributed by atoms with Crippen molar-refractivity contribution in [2.75, 3.05) is 13.2 Å². The molecule has 0 spiro atoms. The predicted molar refractivity (Wildman–Crippen MR) is 83.5 cm³/mol. The molecule has 0 saturated carbocycles. The lowest BCUT2D eigenvalue weighted by molar-refractivity contribution is 0.0993. The van der Waals surface area contributed by atoms with Gasteiger partial charge in [0, 0.05) is 12.7 Å². The molecule has 0 aliphatic heterocycles. The van der Waals surface area contributed by atoms with Gasteiger partial charge in [0.25, 0.3) is 0 Å². The summed E-state index contributed by atoms with van der Waals surface area (Å²) in [6.07, 6.45) is 6.91. The van der Waals surface area contributed by atoms with Crippen molar-refractivity contribution in [2.45, 2.75) is 53.4 Å². The fraction of sp³-hybridized carbons (Fsp3) is 0.667. The summed E-state index contributed by atoms with van der Waals surface area (Å²) in [5, 5.41) is 11.4. The van der Waals surface area contributed by atoms with Gasteiger partial charge < -0.3 is 20.9 Å². The molecule has 0 aromatic heterocycles. The second kappa shape index (κ2) is 15.4. The predicted octanol–water partition coefficient (Wildman–Crippen LogP) is 3.62. The van der Waals surface area contributed by atoms with Crippen LogP contribution in [0.2, 0.25) is 0 Å². The molecule has 0 aromatic rings. The Morgan fingerprint density at radius 2 is 1.95 bits per heavy atom. The number of hydrogen-bond acceptors (Lipinski definition) is 4. The van der Waals surface area contributed by atoms with E-state index in [9.17, 15) is 4.79 Å². The van der Waals surface area contributed by atoms with E-state index >= 15 is 0 Å². The van der Waals surface area contributed by atoms with Gasteiger partial charge in [0.1, 0.15) is 6.61 Å². The lowest BCUT2D eigenvalue weighted by Crippen LogP contribution is -2.17. The standard InChI is InChI=1S/C13H24N2O3.C2H6/c1-3-5-7-11(6-4-2)8-15-9-12(14)10-18-13(16)17;1-2/h7,9,15H,3-6,8,10,14H2,1-2H3,(H,16,17);1-2H3/b11-7+,12-9-;. The van der Waals surface area contributed by atoms with Gasteiger partial charge in [0.15, 0.2) is 0 Å². The molecule has 0 rings (SSSR count). The van der Waals surface area contributed by atoms with Gasteiger partial charge >= 0.3 is 6.16 Å². The Labute approximate surface area is 122 Å². The Balaban J connectivity index is 0. The second-order valence-corrected chi connectivity index (χ2v) is 4.06. The average Bonchev–Trinajstić information content (AvgIpc) is 2.44. The van der Waals surface area contributed by atoms with E-state index in [0.717, 1.165) is 32.2 Å². The van der Waals surface area contributed by atoms with Crippen LogP contribution in [0, 0.1) is 0 Å². The first-order chi connectivity index (χ1) is 9.60. The summed E-state index contributed by atoms with van der Waals surface area (Å²) < 4.78 is 4.34. The first-order valence-corrected chi connectivity index (χ1v) is 7.31. The van der Waals surface area contributed by atoms with Crippen molar-refractivity contribution in [3.8, 4) is 0 Å². The summed E-state index contributed by atoms with van der Waals surface area (Å²) >= 11 is 0. The molecule has 0 bridgehead atoms. The quantitative estimate of drug-likeness (QED) is 0.445. The second-order valence-electron chi connectivity index (χ2n) is 4.06. The zero-order valence-electron chi connectivity index (χ0n) is 13.2. The zero-order chi connectivity index (χ0) is 15.8. The third-order valence-corrected chi connectivity index (χ3v) is 2.27. The Bertz CT molecular complexity index is 299. The smallest absolute Gasteiger partial charge is 0.450 e. The first-order valence-electron chi connectivity index (χ1n) is 7.31. The number of rotatable bonds is 9. The molecule has 5 heteroatoms. The van der Waals surface area contributed by atoms with Crippen molar-refractivity contribution < 1.29 is 14.6 Å². The van der Waals surface area contributed by atoms with E-state index < -0.39 is 6.16 Å². The zero-order valence-corrected chi connectivity index (χ0v) is 13.2. The fourth-order valence-electron chi connectivity index (χ4n) is 1.43. The van der Waals surface area contributed by atoms with Gasteiger partial charge in [-0.15, -0.1) is 0 Å². The van der Waals surface area contributed by atoms with Gasteiger partial charge in [-0.1, -0.05) is 52.2 Å². The van der Waals surface area contributed by atoms with Crippen LogP contribution in [-0.2, 0) is 4.74 Å². The van der Waals surface area contributed by atoms with E-state index in [1.54, 1.807) is 6.20 Å². The summed E-state index contributed by atoms with van der Waals surface area (Å²) in [6.45, 7) is 8.92. The van der Waals surface area contributed by atoms with E-state index in [1.165, 1.54) is 5.57 Å². The van der Waals surface area contributed by atoms with Crippen LogP contribution >= 0.6 is 0 Å². The maximum atomic E-state index is 10.2. The van der Waals surface area contributed by atoms with E-state index in [4.69, 9.17) is 10.8 Å². The minimum Gasteiger partial charge on any atom is -0.450 e. The molecule has 0 heterocycles. The van der Waals surface area contributed by atoms with Crippen LogP contribution in [0.1, 0.15) is 53.4 Å². The molecule has 0 saturated heterocycles. The molecule has 0 radical (unpaired) electrons. The molecule has 0 aromatic carbocycles. The van der Waals surface area contributed by atoms with Crippen molar-refractivity contribution in [1.82, 2.24) is 5.32 Å². The van der Waals surface area contributed by atoms with Gasteiger partial charge in [-0.25, -0.2) is 4.79 Å². The SMILES string of the molecule is CC.CCC/C=C(\CCC)CN/C=C(\N)COC(=O)O. The number of ether oxygens (including phenoxy) is 1. The number of unbranched alkanes of at least 4 members (excludes halogenated alkanes) is 1. The van der Waals surface area contributed by atoms with Crippen molar-refractivity contribution in [1.29, 1.82) is 0 Å². The Hall–Kier alpha value is -1.65. The number of allylic oxidation sites excluding steroid dienone is 1. The molecule has 0 atom stereocenters. The number of carbonyl (C=O) groups is 1. The van der Waals surface area contributed by atoms with Crippen LogP contribution in [-0.4, -0.2) is 24.4 Å². The minimum atomic E-state index is -1.32. The van der Waals surface area contributed by atoms with Crippen LogP contribution < -0.4 is 11.1 Å². The van der Waals surface area contributed by atoms with Crippen molar-refractivity contribution in [3.63, 3.8) is 0 Å². The monoisotopic (exact) mass is 286 g/mol. The van der Waals surface area contributed by atoms with Gasteiger partial charge in [0.05, 0.1) is 5.70 Å². The summed E-state index contributed by atoms with van der Waals surface area (Å²) in [4.78, 5) is 10.2. The van der Waals surface area contributed by atoms with Gasteiger partial charge in [-0.2, -0.15) is 0 Å². The van der Waals surface area contributed by atoms with E-state index in [2.05, 4.69) is 30.0 Å². The van der Waals surface area contributed by atoms with E-state index in [-0.39, 0.29) is 6.61 Å². The van der Waals surface area contributed by atoms with E-state index in [0.29, 0.717) is 5.70 Å². The number of nitrogens with one attached hydrogen (secondary N) is 1.